The molecule has 0 aliphatic carbocycles. The van der Waals surface area contributed by atoms with Crippen molar-refractivity contribution in [1.82, 2.24) is 0 Å². The molecule has 0 aliphatic heterocycles. The first-order chi connectivity index (χ1) is 15.4. The third-order valence-electron chi connectivity index (χ3n) is 4.43. The second-order valence-electron chi connectivity index (χ2n) is 6.76. The molecule has 32 heavy (non-hydrogen) atoms. The van der Waals surface area contributed by atoms with E-state index in [2.05, 4.69) is 10.3 Å². The van der Waals surface area contributed by atoms with E-state index in [1.807, 2.05) is 6.92 Å². The molecule has 0 unspecified atom stereocenters. The topological polar surface area (TPSA) is 77.0 Å². The van der Waals surface area contributed by atoms with Crippen LogP contribution in [0.5, 0.6) is 5.75 Å². The number of nitrogens with one attached hydrogen (secondary N) is 1. The van der Waals surface area contributed by atoms with E-state index >= 15 is 0 Å². The van der Waals surface area contributed by atoms with E-state index in [0.717, 1.165) is 11.1 Å². The maximum atomic E-state index is 13.6. The van der Waals surface area contributed by atoms with Gasteiger partial charge in [0.05, 0.1) is 29.1 Å². The molecular weight excluding hydrogens is 435 g/mol. The first-order valence-electron chi connectivity index (χ1n) is 9.57. The van der Waals surface area contributed by atoms with Crippen LogP contribution < -0.4 is 10.1 Å². The fraction of sp³-hybridized carbons (Fsp3) is 0.125. The molecule has 0 aromatic heterocycles. The van der Waals surface area contributed by atoms with Crippen LogP contribution in [0.4, 0.5) is 15.8 Å². The minimum atomic E-state index is -0.530. The fourth-order valence-corrected chi connectivity index (χ4v) is 3.04. The molecule has 8 heteroatoms. The van der Waals surface area contributed by atoms with Crippen LogP contribution in [0.25, 0.3) is 0 Å². The summed E-state index contributed by atoms with van der Waals surface area (Å²) in [5, 5.41) is 2.73. The first kappa shape index (κ1) is 23.0. The molecule has 0 saturated carbocycles. The van der Waals surface area contributed by atoms with E-state index in [-0.39, 0.29) is 12.3 Å². The SMILES string of the molecule is COC(=O)c1ccc(N=Cc2ccc(OCC(=O)Nc3ccccc3F)c(Cl)c2)c(C)c1. The third-order valence-corrected chi connectivity index (χ3v) is 4.73. The zero-order valence-corrected chi connectivity index (χ0v) is 18.2. The van der Waals surface area contributed by atoms with Gasteiger partial charge in [0.1, 0.15) is 11.6 Å². The average molecular weight is 455 g/mol. The number of aliphatic imine (C=N–C) groups is 1. The summed E-state index contributed by atoms with van der Waals surface area (Å²) in [7, 11) is 1.33. The molecule has 0 atom stereocenters. The van der Waals surface area contributed by atoms with Gasteiger partial charge in [-0.05, 0) is 66.6 Å². The Morgan fingerprint density at radius 3 is 2.59 bits per heavy atom. The van der Waals surface area contributed by atoms with E-state index < -0.39 is 17.7 Å². The molecule has 1 N–H and O–H groups in total. The molecule has 3 rings (SSSR count). The van der Waals surface area contributed by atoms with Crippen LogP contribution in [0.3, 0.4) is 0 Å². The number of aryl methyl sites for hydroxylation is 1. The Labute approximate surface area is 189 Å². The van der Waals surface area contributed by atoms with Gasteiger partial charge in [-0.3, -0.25) is 9.79 Å². The summed E-state index contributed by atoms with van der Waals surface area (Å²) in [6.07, 6.45) is 1.63. The monoisotopic (exact) mass is 454 g/mol. The summed E-state index contributed by atoms with van der Waals surface area (Å²) in [4.78, 5) is 28.0. The lowest BCUT2D eigenvalue weighted by Gasteiger charge is -2.10. The highest BCUT2D eigenvalue weighted by Gasteiger charge is 2.10. The van der Waals surface area contributed by atoms with E-state index in [4.69, 9.17) is 21.1 Å². The van der Waals surface area contributed by atoms with Gasteiger partial charge in [0, 0.05) is 6.21 Å². The van der Waals surface area contributed by atoms with Gasteiger partial charge in [0.25, 0.3) is 5.91 Å². The van der Waals surface area contributed by atoms with Crippen LogP contribution in [-0.4, -0.2) is 31.8 Å². The van der Waals surface area contributed by atoms with Crippen LogP contribution in [0, 0.1) is 12.7 Å². The number of anilines is 1. The number of carbonyl (C=O) groups is 2. The summed E-state index contributed by atoms with van der Waals surface area (Å²) in [5.41, 5.74) is 2.76. The number of hydrogen-bond acceptors (Lipinski definition) is 5. The van der Waals surface area contributed by atoms with E-state index in [0.29, 0.717) is 22.0 Å². The minimum Gasteiger partial charge on any atom is -0.482 e. The second-order valence-corrected chi connectivity index (χ2v) is 7.16. The van der Waals surface area contributed by atoms with E-state index in [9.17, 15) is 14.0 Å². The molecule has 0 spiro atoms. The summed E-state index contributed by atoms with van der Waals surface area (Å²) >= 11 is 6.25. The van der Waals surface area contributed by atoms with Crippen LogP contribution in [0.15, 0.2) is 65.7 Å². The van der Waals surface area contributed by atoms with Crippen LogP contribution in [-0.2, 0) is 9.53 Å². The summed E-state index contributed by atoms with van der Waals surface area (Å²) in [5.74, 6) is -1.14. The number of methoxy groups -OCH3 is 1. The number of ether oxygens (including phenoxy) is 2. The van der Waals surface area contributed by atoms with Gasteiger partial charge >= 0.3 is 5.97 Å². The Hall–Kier alpha value is -3.71. The molecule has 0 fully saturated rings. The number of para-hydroxylation sites is 1. The Morgan fingerprint density at radius 2 is 1.91 bits per heavy atom. The average Bonchev–Trinajstić information content (AvgIpc) is 2.78. The zero-order valence-electron chi connectivity index (χ0n) is 17.4. The lowest BCUT2D eigenvalue weighted by molar-refractivity contribution is -0.118. The third kappa shape index (κ3) is 5.92. The number of benzene rings is 3. The van der Waals surface area contributed by atoms with Crippen LogP contribution in [0.2, 0.25) is 5.02 Å². The zero-order chi connectivity index (χ0) is 23.1. The largest absolute Gasteiger partial charge is 0.482 e. The summed E-state index contributed by atoms with van der Waals surface area (Å²) in [6.45, 7) is 1.52. The number of hydrogen-bond donors (Lipinski definition) is 1. The Balaban J connectivity index is 1.62. The van der Waals surface area contributed by atoms with Crippen molar-refractivity contribution >= 4 is 41.1 Å². The predicted molar refractivity (Wildman–Crippen MR) is 122 cm³/mol. The molecule has 6 nitrogen and oxygen atoms in total. The molecule has 0 aliphatic rings. The number of halogens is 2. The van der Waals surface area contributed by atoms with Crippen molar-refractivity contribution in [2.75, 3.05) is 19.0 Å². The van der Waals surface area contributed by atoms with Gasteiger partial charge in [-0.15, -0.1) is 0 Å². The quantitative estimate of drug-likeness (QED) is 0.386. The molecule has 0 radical (unpaired) electrons. The Kier molecular flexibility index (Phi) is 7.57. The lowest BCUT2D eigenvalue weighted by Crippen LogP contribution is -2.20. The maximum Gasteiger partial charge on any atom is 0.337 e. The molecule has 164 valence electrons. The van der Waals surface area contributed by atoms with Crippen LogP contribution >= 0.6 is 11.6 Å². The number of carbonyl (C=O) groups excluding carboxylic acids is 2. The standard InChI is InChI=1S/C24H20ClFN2O4/c1-15-11-17(24(30)31-2)8-9-20(15)27-13-16-7-10-22(18(25)12-16)32-14-23(29)28-21-6-4-3-5-19(21)26/h3-13H,14H2,1-2H3,(H,28,29). The van der Waals surface area contributed by atoms with Crippen molar-refractivity contribution in [3.05, 3.63) is 88.2 Å². The lowest BCUT2D eigenvalue weighted by atomic mass is 10.1. The normalized spacial score (nSPS) is 10.8. The van der Waals surface area contributed by atoms with Crippen molar-refractivity contribution < 1.29 is 23.5 Å². The predicted octanol–water partition coefficient (Wildman–Crippen LogP) is 5.34. The molecule has 0 heterocycles. The number of esters is 1. The van der Waals surface area contributed by atoms with Crippen molar-refractivity contribution in [2.45, 2.75) is 6.92 Å². The highest BCUT2D eigenvalue weighted by molar-refractivity contribution is 6.32. The fourth-order valence-electron chi connectivity index (χ4n) is 2.80. The maximum absolute atomic E-state index is 13.6. The molecule has 0 bridgehead atoms. The van der Waals surface area contributed by atoms with E-state index in [1.165, 1.54) is 25.3 Å². The van der Waals surface area contributed by atoms with Crippen LogP contribution in [0.1, 0.15) is 21.5 Å². The van der Waals surface area contributed by atoms with Gasteiger partial charge in [-0.2, -0.15) is 0 Å². The van der Waals surface area contributed by atoms with Crippen molar-refractivity contribution in [2.24, 2.45) is 4.99 Å². The highest BCUT2D eigenvalue weighted by Crippen LogP contribution is 2.26. The number of nitrogens with zero attached hydrogens (tertiary/aromatic N) is 1. The van der Waals surface area contributed by atoms with Gasteiger partial charge in [-0.1, -0.05) is 23.7 Å². The summed E-state index contributed by atoms with van der Waals surface area (Å²) < 4.78 is 23.8. The Morgan fingerprint density at radius 1 is 1.12 bits per heavy atom. The van der Waals surface area contributed by atoms with Gasteiger partial charge < -0.3 is 14.8 Å². The Bertz CT molecular complexity index is 1180. The minimum absolute atomic E-state index is 0.0775. The van der Waals surface area contributed by atoms with Crippen molar-refractivity contribution in [3.63, 3.8) is 0 Å². The smallest absolute Gasteiger partial charge is 0.337 e. The van der Waals surface area contributed by atoms with Gasteiger partial charge in [0.15, 0.2) is 6.61 Å². The van der Waals surface area contributed by atoms with Gasteiger partial charge in [0.2, 0.25) is 0 Å². The summed E-state index contributed by atoms with van der Waals surface area (Å²) in [6, 6.07) is 15.9. The number of amides is 1. The molecule has 0 saturated heterocycles. The molecule has 3 aromatic carbocycles. The van der Waals surface area contributed by atoms with Gasteiger partial charge in [-0.25, -0.2) is 9.18 Å². The molecule has 1 amide bonds. The van der Waals surface area contributed by atoms with Crippen molar-refractivity contribution in [3.8, 4) is 5.75 Å². The molecule has 3 aromatic rings. The highest BCUT2D eigenvalue weighted by atomic mass is 35.5. The first-order valence-corrected chi connectivity index (χ1v) is 9.95. The van der Waals surface area contributed by atoms with E-state index in [1.54, 1.807) is 48.7 Å². The number of rotatable bonds is 7. The van der Waals surface area contributed by atoms with Crippen molar-refractivity contribution in [1.29, 1.82) is 0 Å². The second kappa shape index (κ2) is 10.5. The molecular formula is C24H20ClFN2O4.